The van der Waals surface area contributed by atoms with E-state index in [0.717, 1.165) is 23.1 Å². The van der Waals surface area contributed by atoms with Crippen LogP contribution in [0.25, 0.3) is 0 Å². The van der Waals surface area contributed by atoms with Crippen LogP contribution in [0, 0.1) is 17.2 Å². The first kappa shape index (κ1) is 15.0. The molecule has 1 rings (SSSR count). The molecular formula is C14H20BrN3. The molecule has 0 radical (unpaired) electrons. The molecule has 1 unspecified atom stereocenters. The minimum absolute atomic E-state index is 0.226. The highest BCUT2D eigenvalue weighted by atomic mass is 79.9. The molecule has 18 heavy (non-hydrogen) atoms. The zero-order chi connectivity index (χ0) is 13.7. The Kier molecular flexibility index (Phi) is 5.64. The van der Waals surface area contributed by atoms with E-state index in [2.05, 4.69) is 40.7 Å². The van der Waals surface area contributed by atoms with Crippen LogP contribution in [0.3, 0.4) is 0 Å². The van der Waals surface area contributed by atoms with Crippen molar-refractivity contribution in [3.63, 3.8) is 0 Å². The summed E-state index contributed by atoms with van der Waals surface area (Å²) in [7, 11) is 2.04. The molecule has 0 fully saturated rings. The van der Waals surface area contributed by atoms with Gasteiger partial charge >= 0.3 is 0 Å². The number of hydrogen-bond donors (Lipinski definition) is 1. The predicted molar refractivity (Wildman–Crippen MR) is 79.6 cm³/mol. The summed E-state index contributed by atoms with van der Waals surface area (Å²) in [5, 5.41) is 8.83. The lowest BCUT2D eigenvalue weighted by Gasteiger charge is -2.24. The van der Waals surface area contributed by atoms with Crippen molar-refractivity contribution < 1.29 is 0 Å². The molecule has 0 saturated heterocycles. The van der Waals surface area contributed by atoms with Gasteiger partial charge in [-0.15, -0.1) is 0 Å². The average molecular weight is 310 g/mol. The molecule has 0 heterocycles. The van der Waals surface area contributed by atoms with E-state index in [1.54, 1.807) is 0 Å². The molecule has 3 nitrogen and oxygen atoms in total. The molecule has 0 aliphatic rings. The van der Waals surface area contributed by atoms with Gasteiger partial charge in [0, 0.05) is 24.1 Å². The van der Waals surface area contributed by atoms with Crippen LogP contribution in [0.2, 0.25) is 0 Å². The van der Waals surface area contributed by atoms with Gasteiger partial charge in [-0.05, 0) is 46.5 Å². The normalized spacial score (nSPS) is 12.3. The highest BCUT2D eigenvalue weighted by Crippen LogP contribution is 2.26. The smallest absolute Gasteiger partial charge is 0.0992 e. The summed E-state index contributed by atoms with van der Waals surface area (Å²) in [5.41, 5.74) is 7.80. The molecule has 0 saturated carbocycles. The third-order valence-corrected chi connectivity index (χ3v) is 3.78. The molecule has 0 aromatic heterocycles. The zero-order valence-corrected chi connectivity index (χ0v) is 12.7. The van der Waals surface area contributed by atoms with Crippen molar-refractivity contribution in [1.29, 1.82) is 5.26 Å². The molecule has 1 atom stereocenters. The lowest BCUT2D eigenvalue weighted by Crippen LogP contribution is -2.31. The Labute approximate surface area is 118 Å². The van der Waals surface area contributed by atoms with Crippen molar-refractivity contribution in [3.05, 3.63) is 28.2 Å². The molecule has 1 aromatic rings. The molecule has 4 heteroatoms. The standard InChI is InChI=1S/C14H20BrN3/c1-10(2)13(17)6-7-18(3)14-5-4-11(9-16)8-12(14)15/h4-5,8,10,13H,6-7,17H2,1-3H3. The fraction of sp³-hybridized carbons (Fsp3) is 0.500. The van der Waals surface area contributed by atoms with Crippen molar-refractivity contribution in [2.24, 2.45) is 11.7 Å². The highest BCUT2D eigenvalue weighted by molar-refractivity contribution is 9.10. The summed E-state index contributed by atoms with van der Waals surface area (Å²) in [6.45, 7) is 5.19. The number of benzene rings is 1. The van der Waals surface area contributed by atoms with E-state index in [-0.39, 0.29) is 6.04 Å². The minimum Gasteiger partial charge on any atom is -0.374 e. The highest BCUT2D eigenvalue weighted by Gasteiger charge is 2.11. The van der Waals surface area contributed by atoms with Crippen LogP contribution in [-0.4, -0.2) is 19.6 Å². The number of nitriles is 1. The van der Waals surface area contributed by atoms with Crippen LogP contribution < -0.4 is 10.6 Å². The van der Waals surface area contributed by atoms with Crippen LogP contribution in [-0.2, 0) is 0 Å². The predicted octanol–water partition coefficient (Wildman–Crippen LogP) is 3.13. The maximum atomic E-state index is 8.83. The first-order valence-corrected chi connectivity index (χ1v) is 6.91. The quantitative estimate of drug-likeness (QED) is 0.909. The summed E-state index contributed by atoms with van der Waals surface area (Å²) in [6.07, 6.45) is 0.959. The topological polar surface area (TPSA) is 53.0 Å². The Bertz CT molecular complexity index is 437. The third kappa shape index (κ3) is 4.01. The van der Waals surface area contributed by atoms with Gasteiger partial charge in [-0.2, -0.15) is 5.26 Å². The second-order valence-corrected chi connectivity index (χ2v) is 5.75. The number of hydrogen-bond acceptors (Lipinski definition) is 3. The maximum absolute atomic E-state index is 8.83. The van der Waals surface area contributed by atoms with E-state index in [1.165, 1.54) is 0 Å². The Morgan fingerprint density at radius 2 is 2.11 bits per heavy atom. The fourth-order valence-electron chi connectivity index (χ4n) is 1.68. The second-order valence-electron chi connectivity index (χ2n) is 4.90. The average Bonchev–Trinajstić information content (AvgIpc) is 2.34. The van der Waals surface area contributed by atoms with Gasteiger partial charge in [0.2, 0.25) is 0 Å². The molecule has 0 spiro atoms. The summed E-state index contributed by atoms with van der Waals surface area (Å²) < 4.78 is 0.946. The number of nitrogens with zero attached hydrogens (tertiary/aromatic N) is 2. The van der Waals surface area contributed by atoms with Crippen molar-refractivity contribution in [2.75, 3.05) is 18.5 Å². The molecule has 1 aromatic carbocycles. The summed E-state index contributed by atoms with van der Waals surface area (Å²) in [6, 6.07) is 7.99. The van der Waals surface area contributed by atoms with Crippen molar-refractivity contribution >= 4 is 21.6 Å². The van der Waals surface area contributed by atoms with Crippen LogP contribution in [0.5, 0.6) is 0 Å². The van der Waals surface area contributed by atoms with E-state index in [0.29, 0.717) is 11.5 Å². The van der Waals surface area contributed by atoms with Gasteiger partial charge in [0.05, 0.1) is 17.3 Å². The summed E-state index contributed by atoms with van der Waals surface area (Å²) in [4.78, 5) is 2.16. The van der Waals surface area contributed by atoms with Crippen LogP contribution in [0.4, 0.5) is 5.69 Å². The zero-order valence-electron chi connectivity index (χ0n) is 11.2. The number of halogens is 1. The minimum atomic E-state index is 0.226. The first-order chi connectivity index (χ1) is 8.45. The van der Waals surface area contributed by atoms with Crippen molar-refractivity contribution in [3.8, 4) is 6.07 Å². The molecule has 98 valence electrons. The summed E-state index contributed by atoms with van der Waals surface area (Å²) >= 11 is 3.50. The third-order valence-electron chi connectivity index (χ3n) is 3.14. The fourth-order valence-corrected chi connectivity index (χ4v) is 2.36. The van der Waals surface area contributed by atoms with Gasteiger partial charge in [0.15, 0.2) is 0 Å². The van der Waals surface area contributed by atoms with Crippen LogP contribution in [0.15, 0.2) is 22.7 Å². The van der Waals surface area contributed by atoms with Crippen molar-refractivity contribution in [1.82, 2.24) is 0 Å². The molecule has 0 aliphatic carbocycles. The van der Waals surface area contributed by atoms with E-state index in [1.807, 2.05) is 25.2 Å². The van der Waals surface area contributed by atoms with Gasteiger partial charge in [-0.25, -0.2) is 0 Å². The number of nitrogens with two attached hydrogens (primary N) is 1. The van der Waals surface area contributed by atoms with Crippen LogP contribution in [0.1, 0.15) is 25.8 Å². The molecule has 2 N–H and O–H groups in total. The van der Waals surface area contributed by atoms with Gasteiger partial charge in [0.1, 0.15) is 0 Å². The largest absolute Gasteiger partial charge is 0.374 e. The maximum Gasteiger partial charge on any atom is 0.0992 e. The summed E-state index contributed by atoms with van der Waals surface area (Å²) in [5.74, 6) is 0.503. The van der Waals surface area contributed by atoms with Gasteiger partial charge < -0.3 is 10.6 Å². The lowest BCUT2D eigenvalue weighted by molar-refractivity contribution is 0.466. The Balaban J connectivity index is 2.67. The SMILES string of the molecule is CC(C)C(N)CCN(C)c1ccc(C#N)cc1Br. The van der Waals surface area contributed by atoms with E-state index in [9.17, 15) is 0 Å². The van der Waals surface area contributed by atoms with Crippen LogP contribution >= 0.6 is 15.9 Å². The Morgan fingerprint density at radius 3 is 2.61 bits per heavy atom. The lowest BCUT2D eigenvalue weighted by atomic mass is 10.0. The molecule has 0 amide bonds. The van der Waals surface area contributed by atoms with E-state index >= 15 is 0 Å². The van der Waals surface area contributed by atoms with Gasteiger partial charge in [-0.3, -0.25) is 0 Å². The molecular weight excluding hydrogens is 290 g/mol. The first-order valence-electron chi connectivity index (χ1n) is 6.12. The molecule has 0 aliphatic heterocycles. The van der Waals surface area contributed by atoms with Crippen molar-refractivity contribution in [2.45, 2.75) is 26.3 Å². The number of rotatable bonds is 5. The number of anilines is 1. The monoisotopic (exact) mass is 309 g/mol. The van der Waals surface area contributed by atoms with Gasteiger partial charge in [-0.1, -0.05) is 13.8 Å². The van der Waals surface area contributed by atoms with E-state index < -0.39 is 0 Å². The second kappa shape index (κ2) is 6.77. The Hall–Kier alpha value is -1.05. The Morgan fingerprint density at radius 1 is 1.44 bits per heavy atom. The van der Waals surface area contributed by atoms with E-state index in [4.69, 9.17) is 11.0 Å². The van der Waals surface area contributed by atoms with Gasteiger partial charge in [0.25, 0.3) is 0 Å². The molecule has 0 bridgehead atoms.